The number of ether oxygens (including phenoxy) is 1. The van der Waals surface area contributed by atoms with Crippen molar-refractivity contribution < 1.29 is 23.6 Å². The highest BCUT2D eigenvalue weighted by Gasteiger charge is 2.52. The van der Waals surface area contributed by atoms with Crippen LogP contribution < -0.4 is 16.1 Å². The average Bonchev–Trinajstić information content (AvgIpc) is 3.01. The second kappa shape index (κ2) is 11.1. The van der Waals surface area contributed by atoms with Crippen LogP contribution in [0.25, 0.3) is 0 Å². The van der Waals surface area contributed by atoms with E-state index in [9.17, 15) is 9.59 Å². The molecule has 0 radical (unpaired) electrons. The van der Waals surface area contributed by atoms with Gasteiger partial charge in [0.25, 0.3) is 0 Å². The number of hydrogen-bond donors (Lipinski definition) is 2. The molecule has 1 aromatic heterocycles. The molecule has 0 bridgehead atoms. The van der Waals surface area contributed by atoms with Crippen LogP contribution in [0.3, 0.4) is 0 Å². The first kappa shape index (κ1) is 29.2. The number of carbonyl (C=O) groups is 2. The van der Waals surface area contributed by atoms with E-state index in [4.69, 9.17) is 14.0 Å². The van der Waals surface area contributed by atoms with E-state index >= 15 is 0 Å². The molecule has 2 aliphatic heterocycles. The molecular formula is C26H44BN5O5. The molecule has 2 aliphatic rings. The Bertz CT molecular complexity index is 932. The van der Waals surface area contributed by atoms with Gasteiger partial charge in [-0.05, 0) is 73.6 Å². The number of rotatable bonds is 7. The fourth-order valence-corrected chi connectivity index (χ4v) is 4.37. The number of amides is 2. The summed E-state index contributed by atoms with van der Waals surface area (Å²) in [5, 5.41) is 6.07. The van der Waals surface area contributed by atoms with E-state index in [1.165, 1.54) is 0 Å². The lowest BCUT2D eigenvalue weighted by molar-refractivity contribution is -0.138. The topological polar surface area (TPSA) is 115 Å². The molecule has 0 unspecified atom stereocenters. The molecule has 2 atom stereocenters. The van der Waals surface area contributed by atoms with Gasteiger partial charge in [-0.2, -0.15) is 0 Å². The molecule has 0 spiro atoms. The van der Waals surface area contributed by atoms with Crippen LogP contribution in [0.5, 0.6) is 0 Å². The zero-order valence-electron chi connectivity index (χ0n) is 23.9. The van der Waals surface area contributed by atoms with Crippen LogP contribution in [0.15, 0.2) is 12.4 Å². The number of nitrogens with one attached hydrogen (secondary N) is 2. The Morgan fingerprint density at radius 1 is 1.14 bits per heavy atom. The number of nitrogens with zero attached hydrogens (tertiary/aromatic N) is 3. The molecule has 11 heteroatoms. The van der Waals surface area contributed by atoms with E-state index in [0.29, 0.717) is 19.0 Å². The molecule has 0 aliphatic carbocycles. The van der Waals surface area contributed by atoms with Crippen molar-refractivity contribution in [2.75, 3.05) is 18.4 Å². The van der Waals surface area contributed by atoms with Gasteiger partial charge in [-0.15, -0.1) is 0 Å². The van der Waals surface area contributed by atoms with Crippen LogP contribution in [0.2, 0.25) is 0 Å². The zero-order valence-corrected chi connectivity index (χ0v) is 23.9. The zero-order chi connectivity index (χ0) is 27.6. The molecule has 1 aromatic rings. The lowest BCUT2D eigenvalue weighted by atomic mass is 9.81. The number of aromatic nitrogens is 2. The fourth-order valence-electron chi connectivity index (χ4n) is 4.37. The number of likely N-dealkylation sites (tertiary alicyclic amines) is 1. The fraction of sp³-hybridized carbons (Fsp3) is 0.769. The first-order valence-electron chi connectivity index (χ1n) is 13.3. The summed E-state index contributed by atoms with van der Waals surface area (Å²) in [5.74, 6) is 0.302. The van der Waals surface area contributed by atoms with Crippen LogP contribution in [-0.4, -0.2) is 76.0 Å². The van der Waals surface area contributed by atoms with E-state index < -0.39 is 36.1 Å². The molecule has 0 aromatic carbocycles. The van der Waals surface area contributed by atoms with Gasteiger partial charge in [0.1, 0.15) is 11.6 Å². The van der Waals surface area contributed by atoms with Gasteiger partial charge in [-0.1, -0.05) is 13.8 Å². The van der Waals surface area contributed by atoms with Gasteiger partial charge in [0, 0.05) is 37.0 Å². The van der Waals surface area contributed by atoms with Gasteiger partial charge in [0.15, 0.2) is 0 Å². The molecular weight excluding hydrogens is 473 g/mol. The number of alkyl carbamates (subject to hydrolysis) is 1. The Morgan fingerprint density at radius 3 is 2.27 bits per heavy atom. The highest BCUT2D eigenvalue weighted by Crippen LogP contribution is 2.36. The predicted octanol–water partition coefficient (Wildman–Crippen LogP) is 3.12. The van der Waals surface area contributed by atoms with Gasteiger partial charge in [0.05, 0.1) is 11.2 Å². The van der Waals surface area contributed by atoms with Crippen molar-refractivity contribution in [1.29, 1.82) is 0 Å². The molecule has 10 nitrogen and oxygen atoms in total. The Morgan fingerprint density at radius 2 is 1.73 bits per heavy atom. The number of anilines is 1. The number of hydrogen-bond acceptors (Lipinski definition) is 8. The van der Waals surface area contributed by atoms with Crippen molar-refractivity contribution in [2.45, 2.75) is 110 Å². The SMILES string of the molecule is CC(C)[C@H](NC(=O)OC(C)(C)C)C(=O)N1CCCC[C@@H]1CNc1ncc(B2OC(C)(C)C(C)(C)O2)cn1. The third kappa shape index (κ3) is 7.34. The minimum Gasteiger partial charge on any atom is -0.444 e. The van der Waals surface area contributed by atoms with Crippen LogP contribution in [-0.2, 0) is 18.8 Å². The highest BCUT2D eigenvalue weighted by molar-refractivity contribution is 6.61. The Hall–Kier alpha value is -2.40. The normalized spacial score (nSPS) is 22.1. The molecule has 2 amide bonds. The number of piperidine rings is 1. The van der Waals surface area contributed by atoms with E-state index in [2.05, 4.69) is 20.6 Å². The summed E-state index contributed by atoms with van der Waals surface area (Å²) >= 11 is 0. The summed E-state index contributed by atoms with van der Waals surface area (Å²) in [6.45, 7) is 18.4. The van der Waals surface area contributed by atoms with E-state index in [0.717, 1.165) is 24.7 Å². The molecule has 2 saturated heterocycles. The van der Waals surface area contributed by atoms with Gasteiger partial charge >= 0.3 is 13.2 Å². The summed E-state index contributed by atoms with van der Waals surface area (Å²) in [4.78, 5) is 36.7. The molecule has 2 N–H and O–H groups in total. The molecule has 206 valence electrons. The minimum absolute atomic E-state index is 0.0330. The summed E-state index contributed by atoms with van der Waals surface area (Å²) in [5.41, 5.74) is -0.744. The Balaban J connectivity index is 1.62. The Labute approximate surface area is 221 Å². The van der Waals surface area contributed by atoms with Gasteiger partial charge in [-0.25, -0.2) is 14.8 Å². The van der Waals surface area contributed by atoms with E-state index in [-0.39, 0.29) is 17.9 Å². The maximum atomic E-state index is 13.5. The van der Waals surface area contributed by atoms with Gasteiger partial charge < -0.3 is 29.6 Å². The second-order valence-electron chi connectivity index (χ2n) is 12.4. The average molecular weight is 517 g/mol. The van der Waals surface area contributed by atoms with Crippen LogP contribution in [0.4, 0.5) is 10.7 Å². The lowest BCUT2D eigenvalue weighted by Crippen LogP contribution is -2.57. The lowest BCUT2D eigenvalue weighted by Gasteiger charge is -2.39. The first-order valence-corrected chi connectivity index (χ1v) is 13.3. The van der Waals surface area contributed by atoms with Crippen molar-refractivity contribution in [1.82, 2.24) is 20.2 Å². The molecule has 37 heavy (non-hydrogen) atoms. The molecule has 3 rings (SSSR count). The molecule has 3 heterocycles. The Kier molecular flexibility index (Phi) is 8.79. The maximum absolute atomic E-state index is 13.5. The largest absolute Gasteiger partial charge is 0.498 e. The summed E-state index contributed by atoms with van der Waals surface area (Å²) in [6, 6.07) is -0.694. The van der Waals surface area contributed by atoms with Crippen LogP contribution >= 0.6 is 0 Å². The maximum Gasteiger partial charge on any atom is 0.498 e. The molecule has 0 saturated carbocycles. The summed E-state index contributed by atoms with van der Waals surface area (Å²) < 4.78 is 17.5. The van der Waals surface area contributed by atoms with Gasteiger partial charge in [-0.3, -0.25) is 4.79 Å². The second-order valence-corrected chi connectivity index (χ2v) is 12.4. The van der Waals surface area contributed by atoms with Crippen molar-refractivity contribution in [2.24, 2.45) is 5.92 Å². The van der Waals surface area contributed by atoms with Crippen molar-refractivity contribution in [3.05, 3.63) is 12.4 Å². The standard InChI is InChI=1S/C26H44BN5O5/c1-17(2)20(31-23(34)35-24(3,4)5)21(33)32-13-11-10-12-19(32)16-30-22-28-14-18(15-29-22)27-36-25(6,7)26(8,9)37-27/h14-15,17,19-20H,10-13,16H2,1-9H3,(H,31,34)(H,28,29,30)/t19-,20+/m1/s1. The third-order valence-corrected chi connectivity index (χ3v) is 7.21. The van der Waals surface area contributed by atoms with Gasteiger partial charge in [0.2, 0.25) is 11.9 Å². The van der Waals surface area contributed by atoms with E-state index in [1.807, 2.05) is 46.4 Å². The van der Waals surface area contributed by atoms with Crippen molar-refractivity contribution in [3.8, 4) is 0 Å². The third-order valence-electron chi connectivity index (χ3n) is 7.21. The monoisotopic (exact) mass is 517 g/mol. The van der Waals surface area contributed by atoms with Crippen LogP contribution in [0, 0.1) is 5.92 Å². The first-order chi connectivity index (χ1) is 17.1. The minimum atomic E-state index is -0.661. The van der Waals surface area contributed by atoms with Crippen molar-refractivity contribution in [3.63, 3.8) is 0 Å². The summed E-state index contributed by atoms with van der Waals surface area (Å²) in [6.07, 6.45) is 5.66. The quantitative estimate of drug-likeness (QED) is 0.531. The summed E-state index contributed by atoms with van der Waals surface area (Å²) in [7, 11) is -0.518. The number of carbonyl (C=O) groups excluding carboxylic acids is 2. The molecule has 2 fully saturated rings. The predicted molar refractivity (Wildman–Crippen MR) is 144 cm³/mol. The highest BCUT2D eigenvalue weighted by atomic mass is 16.7. The smallest absolute Gasteiger partial charge is 0.444 e. The van der Waals surface area contributed by atoms with E-state index in [1.54, 1.807) is 33.2 Å². The van der Waals surface area contributed by atoms with Crippen molar-refractivity contribution >= 4 is 30.5 Å². The van der Waals surface area contributed by atoms with Crippen LogP contribution in [0.1, 0.15) is 81.6 Å².